The Hall–Kier alpha value is -2.28. The van der Waals surface area contributed by atoms with Crippen LogP contribution in [0.2, 0.25) is 0 Å². The van der Waals surface area contributed by atoms with Gasteiger partial charge in [0.1, 0.15) is 6.54 Å². The molecule has 158 valence electrons. The lowest BCUT2D eigenvalue weighted by Crippen LogP contribution is -2.29. The van der Waals surface area contributed by atoms with E-state index in [1.54, 1.807) is 0 Å². The van der Waals surface area contributed by atoms with Crippen LogP contribution in [0.15, 0.2) is 40.6 Å². The number of nitrogens with one attached hydrogen (secondary N) is 1. The van der Waals surface area contributed by atoms with Crippen LogP contribution in [-0.4, -0.2) is 42.3 Å². The van der Waals surface area contributed by atoms with Gasteiger partial charge >= 0.3 is 5.97 Å². The van der Waals surface area contributed by atoms with E-state index < -0.39 is 5.97 Å². The van der Waals surface area contributed by atoms with Crippen LogP contribution in [0.5, 0.6) is 0 Å². The molecule has 0 spiro atoms. The number of hydrogen-bond acceptors (Lipinski definition) is 5. The monoisotopic (exact) mass is 401 g/mol. The molecule has 2 heterocycles. The molecule has 0 radical (unpaired) electrons. The first-order valence-corrected chi connectivity index (χ1v) is 10.7. The number of ether oxygens (including phenoxy) is 1. The van der Waals surface area contributed by atoms with Crippen molar-refractivity contribution in [3.05, 3.63) is 30.3 Å². The molecule has 1 aromatic carbocycles. The Morgan fingerprint density at radius 3 is 2.48 bits per heavy atom. The average Bonchev–Trinajstić information content (AvgIpc) is 3.30. The largest absolute Gasteiger partial charge is 0.481 e. The number of aliphatic carboxylic acids is 1. The number of amides is 1. The van der Waals surface area contributed by atoms with E-state index in [0.29, 0.717) is 24.5 Å². The zero-order valence-corrected chi connectivity index (χ0v) is 16.8. The Balaban J connectivity index is 1.37. The minimum Gasteiger partial charge on any atom is -0.481 e. The van der Waals surface area contributed by atoms with Crippen molar-refractivity contribution >= 4 is 17.6 Å². The van der Waals surface area contributed by atoms with Crippen molar-refractivity contribution in [2.75, 3.05) is 18.4 Å². The smallest absolute Gasteiger partial charge is 0.303 e. The summed E-state index contributed by atoms with van der Waals surface area (Å²) in [5.74, 6) is 0.00968. The van der Waals surface area contributed by atoms with E-state index in [9.17, 15) is 9.59 Å². The SMILES string of the molecule is O=C(O)CCCCCCC1C2CCC(O2)C1CN=NCC(=O)Nc1ccccc1. The lowest BCUT2D eigenvalue weighted by molar-refractivity contribution is -0.137. The van der Waals surface area contributed by atoms with E-state index in [2.05, 4.69) is 15.5 Å². The standard InChI is InChI=1S/C22H31N3O4/c26-21(25-16-8-4-3-5-9-16)15-24-23-14-18-17(19-12-13-20(18)29-19)10-6-1-2-7-11-22(27)28/h3-5,8-9,17-20H,1-2,6-7,10-15H2,(H,25,26)(H,27,28). The van der Waals surface area contributed by atoms with Crippen molar-refractivity contribution in [2.45, 2.75) is 63.6 Å². The van der Waals surface area contributed by atoms with Gasteiger partial charge < -0.3 is 15.2 Å². The summed E-state index contributed by atoms with van der Waals surface area (Å²) in [5, 5.41) is 19.9. The Bertz CT molecular complexity index is 695. The molecular formula is C22H31N3O4. The Morgan fingerprint density at radius 1 is 1.00 bits per heavy atom. The number of carbonyl (C=O) groups excluding carboxylic acids is 1. The van der Waals surface area contributed by atoms with Gasteiger partial charge in [-0.2, -0.15) is 10.2 Å². The molecule has 2 N–H and O–H groups in total. The molecule has 1 amide bonds. The number of carboxylic acids is 1. The van der Waals surface area contributed by atoms with Crippen LogP contribution in [0.1, 0.15) is 51.4 Å². The highest BCUT2D eigenvalue weighted by Gasteiger charge is 2.48. The zero-order valence-electron chi connectivity index (χ0n) is 16.8. The van der Waals surface area contributed by atoms with Crippen LogP contribution in [0.3, 0.4) is 0 Å². The van der Waals surface area contributed by atoms with Gasteiger partial charge in [0.25, 0.3) is 0 Å². The highest BCUT2D eigenvalue weighted by Crippen LogP contribution is 2.45. The maximum atomic E-state index is 11.9. The van der Waals surface area contributed by atoms with E-state index >= 15 is 0 Å². The van der Waals surface area contributed by atoms with Crippen LogP contribution in [0, 0.1) is 11.8 Å². The summed E-state index contributed by atoms with van der Waals surface area (Å²) in [6.45, 7) is 0.647. The first-order chi connectivity index (χ1) is 14.1. The normalized spacial score (nSPS) is 25.5. The predicted molar refractivity (Wildman–Crippen MR) is 110 cm³/mol. The van der Waals surface area contributed by atoms with E-state index in [1.807, 2.05) is 30.3 Å². The number of hydrogen-bond donors (Lipinski definition) is 2. The van der Waals surface area contributed by atoms with Crippen LogP contribution < -0.4 is 5.32 Å². The maximum Gasteiger partial charge on any atom is 0.303 e. The highest BCUT2D eigenvalue weighted by atomic mass is 16.5. The predicted octanol–water partition coefficient (Wildman–Crippen LogP) is 4.30. The molecule has 2 saturated heterocycles. The van der Waals surface area contributed by atoms with Crippen LogP contribution in [0.4, 0.5) is 5.69 Å². The van der Waals surface area contributed by atoms with E-state index in [4.69, 9.17) is 9.84 Å². The number of unbranched alkanes of at least 4 members (excludes halogenated alkanes) is 3. The Labute approximate surface area is 171 Å². The quantitative estimate of drug-likeness (QED) is 0.403. The van der Waals surface area contributed by atoms with Crippen molar-refractivity contribution in [3.8, 4) is 0 Å². The fourth-order valence-electron chi connectivity index (χ4n) is 4.52. The van der Waals surface area contributed by atoms with Gasteiger partial charge in [-0.3, -0.25) is 9.59 Å². The molecular weight excluding hydrogens is 370 g/mol. The summed E-state index contributed by atoms with van der Waals surface area (Å²) in [6.07, 6.45) is 8.07. The van der Waals surface area contributed by atoms with E-state index in [0.717, 1.165) is 50.6 Å². The number of rotatable bonds is 12. The molecule has 3 rings (SSSR count). The number of carboxylic acid groups (broad SMARTS) is 1. The fraction of sp³-hybridized carbons (Fsp3) is 0.636. The second-order valence-electron chi connectivity index (χ2n) is 8.00. The van der Waals surface area contributed by atoms with Crippen LogP contribution >= 0.6 is 0 Å². The molecule has 0 aromatic heterocycles. The molecule has 2 aliphatic heterocycles. The second kappa shape index (κ2) is 11.0. The molecule has 4 unspecified atom stereocenters. The summed E-state index contributed by atoms with van der Waals surface area (Å²) in [5.41, 5.74) is 0.762. The van der Waals surface area contributed by atoms with Crippen LogP contribution in [-0.2, 0) is 14.3 Å². The van der Waals surface area contributed by atoms with Gasteiger partial charge in [0, 0.05) is 18.0 Å². The summed E-state index contributed by atoms with van der Waals surface area (Å²) in [6, 6.07) is 9.33. The van der Waals surface area contributed by atoms with Gasteiger partial charge in [-0.05, 0) is 43.7 Å². The van der Waals surface area contributed by atoms with Gasteiger partial charge in [0.05, 0.1) is 18.8 Å². The number of benzene rings is 1. The van der Waals surface area contributed by atoms with Crippen molar-refractivity contribution in [3.63, 3.8) is 0 Å². The van der Waals surface area contributed by atoms with E-state index in [-0.39, 0.29) is 25.0 Å². The van der Waals surface area contributed by atoms with Gasteiger partial charge in [-0.15, -0.1) is 0 Å². The lowest BCUT2D eigenvalue weighted by atomic mass is 9.76. The highest BCUT2D eigenvalue weighted by molar-refractivity contribution is 5.92. The average molecular weight is 402 g/mol. The van der Waals surface area contributed by atoms with Gasteiger partial charge in [-0.25, -0.2) is 0 Å². The van der Waals surface area contributed by atoms with Crippen molar-refractivity contribution < 1.29 is 19.4 Å². The van der Waals surface area contributed by atoms with Gasteiger partial charge in [0.15, 0.2) is 0 Å². The Morgan fingerprint density at radius 2 is 1.72 bits per heavy atom. The maximum absolute atomic E-state index is 11.9. The lowest BCUT2D eigenvalue weighted by Gasteiger charge is -2.26. The third-order valence-electron chi connectivity index (χ3n) is 5.93. The molecule has 29 heavy (non-hydrogen) atoms. The van der Waals surface area contributed by atoms with Crippen molar-refractivity contribution in [2.24, 2.45) is 22.1 Å². The molecule has 1 aromatic rings. The molecule has 0 saturated carbocycles. The van der Waals surface area contributed by atoms with Gasteiger partial charge in [0.2, 0.25) is 5.91 Å². The molecule has 2 fully saturated rings. The van der Waals surface area contributed by atoms with Crippen LogP contribution in [0.25, 0.3) is 0 Å². The third kappa shape index (κ3) is 6.63. The summed E-state index contributed by atoms with van der Waals surface area (Å²) in [7, 11) is 0. The second-order valence-corrected chi connectivity index (χ2v) is 8.00. The van der Waals surface area contributed by atoms with Crippen molar-refractivity contribution in [1.82, 2.24) is 0 Å². The number of fused-ring (bicyclic) bond motifs is 2. The zero-order chi connectivity index (χ0) is 20.5. The molecule has 2 bridgehead atoms. The summed E-state index contributed by atoms with van der Waals surface area (Å²) in [4.78, 5) is 22.5. The van der Waals surface area contributed by atoms with Crippen molar-refractivity contribution in [1.29, 1.82) is 0 Å². The fourth-order valence-corrected chi connectivity index (χ4v) is 4.52. The van der Waals surface area contributed by atoms with Gasteiger partial charge in [-0.1, -0.05) is 37.5 Å². The number of azo groups is 1. The molecule has 2 aliphatic rings. The first-order valence-electron chi connectivity index (χ1n) is 10.7. The third-order valence-corrected chi connectivity index (χ3v) is 5.93. The number of para-hydroxylation sites is 1. The minimum atomic E-state index is -0.714. The first kappa shape index (κ1) is 21.4. The van der Waals surface area contributed by atoms with E-state index in [1.165, 1.54) is 0 Å². The number of nitrogens with zero attached hydrogens (tertiary/aromatic N) is 2. The summed E-state index contributed by atoms with van der Waals surface area (Å²) >= 11 is 0. The minimum absolute atomic E-state index is 0.0326. The molecule has 7 nitrogen and oxygen atoms in total. The molecule has 0 aliphatic carbocycles. The molecule has 7 heteroatoms. The molecule has 4 atom stereocenters. The number of anilines is 1. The Kier molecular flexibility index (Phi) is 8.16. The topological polar surface area (TPSA) is 100 Å². The number of carbonyl (C=O) groups is 2. The summed E-state index contributed by atoms with van der Waals surface area (Å²) < 4.78 is 6.11.